The zero-order chi connectivity index (χ0) is 52.7. The lowest BCUT2D eigenvalue weighted by molar-refractivity contribution is 0.0595. The van der Waals surface area contributed by atoms with Crippen molar-refractivity contribution in [1.82, 2.24) is 0 Å². The Bertz CT molecular complexity index is 3780. The molecule has 10 aromatic carbocycles. The van der Waals surface area contributed by atoms with Crippen LogP contribution in [0.2, 0.25) is 0 Å². The molecule has 2 aliphatic rings. The number of hydrogen-bond acceptors (Lipinski definition) is 6. The largest absolute Gasteiger partial charge is 0.310 e. The van der Waals surface area contributed by atoms with E-state index in [1.54, 1.807) is 0 Å². The van der Waals surface area contributed by atoms with Crippen molar-refractivity contribution in [3.05, 3.63) is 251 Å². The van der Waals surface area contributed by atoms with E-state index in [0.29, 0.717) is 22.3 Å². The monoisotopic (exact) mass is 976 g/mol. The van der Waals surface area contributed by atoms with Crippen molar-refractivity contribution in [3.8, 4) is 46.5 Å². The molecule has 0 aliphatic heterocycles. The molecule has 0 heterocycles. The van der Waals surface area contributed by atoms with E-state index in [4.69, 9.17) is 0 Å². The van der Waals surface area contributed by atoms with Crippen molar-refractivity contribution in [3.63, 3.8) is 0 Å². The Hall–Kier alpha value is -9.72. The first-order valence-electron chi connectivity index (χ1n) is 25.7. The average Bonchev–Trinajstić information content (AvgIpc) is 3.94. The van der Waals surface area contributed by atoms with Gasteiger partial charge in [-0.2, -0.15) is 21.0 Å². The smallest absolute Gasteiger partial charge is 0.0991 e. The summed E-state index contributed by atoms with van der Waals surface area (Å²) in [5.74, 6) is 0. The maximum atomic E-state index is 10.0. The second-order valence-electron chi connectivity index (χ2n) is 22.1. The van der Waals surface area contributed by atoms with Crippen LogP contribution in [0.25, 0.3) is 43.8 Å². The van der Waals surface area contributed by atoms with Crippen molar-refractivity contribution < 1.29 is 0 Å². The third-order valence-electron chi connectivity index (χ3n) is 16.4. The van der Waals surface area contributed by atoms with Crippen molar-refractivity contribution in [1.29, 1.82) is 21.0 Å². The molecule has 0 saturated carbocycles. The minimum absolute atomic E-state index is 0.504. The summed E-state index contributed by atoms with van der Waals surface area (Å²) in [6.45, 7) is 14.6. The lowest BCUT2D eigenvalue weighted by atomic mass is 9.39. The van der Waals surface area contributed by atoms with E-state index >= 15 is 0 Å². The van der Waals surface area contributed by atoms with Crippen LogP contribution in [0.3, 0.4) is 0 Å². The molecule has 12 rings (SSSR count). The number of fused-ring (bicyclic) bond motifs is 10. The fourth-order valence-electron chi connectivity index (χ4n) is 13.7. The molecule has 0 amide bonds. The lowest BCUT2D eigenvalue weighted by Crippen LogP contribution is -2.62. The van der Waals surface area contributed by atoms with Gasteiger partial charge in [-0.3, -0.25) is 0 Å². The van der Waals surface area contributed by atoms with Crippen LogP contribution in [0.4, 0.5) is 34.1 Å². The SMILES string of the molecule is CC(C)(C)C1(C2(C(C)(C)C)c3ccccc3-c3c2cc(N(c2ccc(C#N)cc2)c2ccc(C#N)cc2)c2ccccc32)c2ccccc2-c2c1cc(N(c1ccc(C#N)cc1)c1ccc(C#N)cc1)c1ccccc21. The molecule has 0 radical (unpaired) electrons. The van der Waals surface area contributed by atoms with Gasteiger partial charge in [0, 0.05) is 44.4 Å². The third kappa shape index (κ3) is 6.61. The topological polar surface area (TPSA) is 102 Å². The lowest BCUT2D eigenvalue weighted by Gasteiger charge is -2.62. The molecular formula is C70H52N6. The minimum Gasteiger partial charge on any atom is -0.310 e. The maximum absolute atomic E-state index is 10.0. The molecule has 76 heavy (non-hydrogen) atoms. The molecule has 2 atom stereocenters. The average molecular weight is 977 g/mol. The molecule has 6 nitrogen and oxygen atoms in total. The quantitative estimate of drug-likeness (QED) is 0.158. The van der Waals surface area contributed by atoms with Gasteiger partial charge in [0.25, 0.3) is 0 Å². The number of hydrogen-bond donors (Lipinski definition) is 0. The van der Waals surface area contributed by atoms with Crippen LogP contribution in [0.5, 0.6) is 0 Å². The van der Waals surface area contributed by atoms with Crippen LogP contribution in [-0.4, -0.2) is 0 Å². The van der Waals surface area contributed by atoms with Gasteiger partial charge in [0.15, 0.2) is 0 Å². The maximum Gasteiger partial charge on any atom is 0.0991 e. The Kier molecular flexibility index (Phi) is 10.9. The molecular weight excluding hydrogens is 925 g/mol. The fourth-order valence-corrected chi connectivity index (χ4v) is 13.7. The summed E-state index contributed by atoms with van der Waals surface area (Å²) in [7, 11) is 0. The third-order valence-corrected chi connectivity index (χ3v) is 16.4. The van der Waals surface area contributed by atoms with Gasteiger partial charge in [0.05, 0.1) is 57.9 Å². The van der Waals surface area contributed by atoms with Crippen molar-refractivity contribution in [2.24, 2.45) is 10.8 Å². The fraction of sp³-hybridized carbons (Fsp3) is 0.143. The van der Waals surface area contributed by atoms with Crippen LogP contribution < -0.4 is 9.80 Å². The number of anilines is 6. The van der Waals surface area contributed by atoms with E-state index in [1.165, 1.54) is 44.5 Å². The minimum atomic E-state index is -0.807. The van der Waals surface area contributed by atoms with E-state index in [1.807, 2.05) is 97.1 Å². The molecule has 0 spiro atoms. The first-order valence-corrected chi connectivity index (χ1v) is 25.7. The first kappa shape index (κ1) is 47.3. The van der Waals surface area contributed by atoms with Gasteiger partial charge in [-0.15, -0.1) is 0 Å². The predicted octanol–water partition coefficient (Wildman–Crippen LogP) is 17.7. The van der Waals surface area contributed by atoms with Gasteiger partial charge in [0.1, 0.15) is 0 Å². The molecule has 0 saturated heterocycles. The molecule has 2 unspecified atom stereocenters. The Morgan fingerprint density at radius 1 is 0.316 bits per heavy atom. The summed E-state index contributed by atoms with van der Waals surface area (Å²) < 4.78 is 0. The zero-order valence-electron chi connectivity index (χ0n) is 43.3. The Labute approximate surface area is 444 Å². The zero-order valence-corrected chi connectivity index (χ0v) is 43.3. The number of benzene rings is 10. The molecule has 0 fully saturated rings. The summed E-state index contributed by atoms with van der Waals surface area (Å²) in [5, 5.41) is 44.4. The number of nitriles is 4. The summed E-state index contributed by atoms with van der Waals surface area (Å²) in [4.78, 5) is 4.58. The summed E-state index contributed by atoms with van der Waals surface area (Å²) in [5.41, 5.74) is 14.9. The van der Waals surface area contributed by atoms with Crippen molar-refractivity contribution in [2.75, 3.05) is 9.80 Å². The highest BCUT2D eigenvalue weighted by molar-refractivity contribution is 6.13. The van der Waals surface area contributed by atoms with E-state index < -0.39 is 21.7 Å². The molecule has 6 heteroatoms. The number of rotatable bonds is 7. The molecule has 0 bridgehead atoms. The summed E-state index contributed by atoms with van der Waals surface area (Å²) >= 11 is 0. The normalized spacial score (nSPS) is 16.1. The van der Waals surface area contributed by atoms with E-state index in [2.05, 4.69) is 185 Å². The molecule has 0 aromatic heterocycles. The molecule has 10 aromatic rings. The van der Waals surface area contributed by atoms with Crippen molar-refractivity contribution in [2.45, 2.75) is 52.4 Å². The number of nitrogens with zero attached hydrogens (tertiary/aromatic N) is 6. The Morgan fingerprint density at radius 2 is 0.579 bits per heavy atom. The standard InChI is InChI=1S/C70H52N6/c1-67(2,3)69(59-21-13-11-19-57(59)65-55-17-9-7-15-53(55)63(39-61(65)69)75(49-31-23-45(41-71)24-32-49)50-33-25-46(42-72)26-34-50)70(68(4,5)6)60-22-14-12-20-58(60)66-56-18-10-8-16-54(56)64(40-62(66)70)76(51-35-27-47(43-73)28-36-51)52-37-29-48(44-74)30-38-52/h7-40H,1-6H3. The highest BCUT2D eigenvalue weighted by Gasteiger charge is 2.71. The predicted molar refractivity (Wildman–Crippen MR) is 307 cm³/mol. The van der Waals surface area contributed by atoms with E-state index in [-0.39, 0.29) is 0 Å². The van der Waals surface area contributed by atoms with Gasteiger partial charge >= 0.3 is 0 Å². The Balaban J connectivity index is 1.27. The van der Waals surface area contributed by atoms with Gasteiger partial charge in [-0.05, 0) is 175 Å². The van der Waals surface area contributed by atoms with Crippen LogP contribution in [-0.2, 0) is 10.8 Å². The highest BCUT2D eigenvalue weighted by Crippen LogP contribution is 2.76. The first-order chi connectivity index (χ1) is 36.8. The summed E-state index contributed by atoms with van der Waals surface area (Å²) in [6.07, 6.45) is 0. The van der Waals surface area contributed by atoms with Gasteiger partial charge in [-0.1, -0.05) is 139 Å². The highest BCUT2D eigenvalue weighted by atomic mass is 15.2. The van der Waals surface area contributed by atoms with Crippen molar-refractivity contribution >= 4 is 55.7 Å². The second kappa shape index (κ2) is 17.5. The van der Waals surface area contributed by atoms with Crippen LogP contribution in [0.15, 0.2) is 206 Å². The van der Waals surface area contributed by atoms with Gasteiger partial charge in [0.2, 0.25) is 0 Å². The molecule has 2 aliphatic carbocycles. The van der Waals surface area contributed by atoms with Crippen LogP contribution in [0, 0.1) is 56.2 Å². The van der Waals surface area contributed by atoms with E-state index in [9.17, 15) is 21.0 Å². The van der Waals surface area contributed by atoms with Gasteiger partial charge in [-0.25, -0.2) is 0 Å². The second-order valence-corrected chi connectivity index (χ2v) is 22.1. The van der Waals surface area contributed by atoms with E-state index in [0.717, 1.165) is 55.7 Å². The Morgan fingerprint density at radius 3 is 0.855 bits per heavy atom. The molecule has 362 valence electrons. The summed E-state index contributed by atoms with van der Waals surface area (Å²) in [6, 6.07) is 81.2. The van der Waals surface area contributed by atoms with Crippen LogP contribution >= 0.6 is 0 Å². The van der Waals surface area contributed by atoms with Crippen LogP contribution in [0.1, 0.15) is 86.1 Å². The van der Waals surface area contributed by atoms with Gasteiger partial charge < -0.3 is 9.80 Å². The molecule has 0 N–H and O–H groups in total.